The Morgan fingerprint density at radius 1 is 1.13 bits per heavy atom. The van der Waals surface area contributed by atoms with Crippen molar-refractivity contribution in [3.05, 3.63) is 29.8 Å². The maximum Gasteiger partial charge on any atom is 0.334 e. The molecule has 3 atom stereocenters. The van der Waals surface area contributed by atoms with Crippen LogP contribution < -0.4 is 4.74 Å². The maximum atomic E-state index is 11.9. The fourth-order valence-electron chi connectivity index (χ4n) is 3.23. The lowest BCUT2D eigenvalue weighted by Crippen LogP contribution is -2.52. The number of carbonyl (C=O) groups is 1. The van der Waals surface area contributed by atoms with Gasteiger partial charge in [-0.1, -0.05) is 28.1 Å². The van der Waals surface area contributed by atoms with Gasteiger partial charge in [0, 0.05) is 26.7 Å². The van der Waals surface area contributed by atoms with E-state index in [4.69, 9.17) is 33.2 Å². The molecule has 0 aliphatic rings. The first-order valence-corrected chi connectivity index (χ1v) is 10.6. The van der Waals surface area contributed by atoms with E-state index in [0.717, 1.165) is 5.56 Å². The zero-order valence-corrected chi connectivity index (χ0v) is 20.3. The van der Waals surface area contributed by atoms with Crippen molar-refractivity contribution >= 4 is 21.9 Å². The van der Waals surface area contributed by atoms with E-state index in [9.17, 15) is 4.79 Å². The number of hydrogen-bond acceptors (Lipinski definition) is 8. The van der Waals surface area contributed by atoms with Gasteiger partial charge in [0.2, 0.25) is 0 Å². The number of benzene rings is 1. The number of methoxy groups -OCH3 is 4. The summed E-state index contributed by atoms with van der Waals surface area (Å²) in [5, 5.41) is 0.703. The van der Waals surface area contributed by atoms with Crippen molar-refractivity contribution < 1.29 is 38.0 Å². The van der Waals surface area contributed by atoms with Crippen LogP contribution in [0.2, 0.25) is 0 Å². The zero-order chi connectivity index (χ0) is 22.8. The molecule has 0 aliphatic carbocycles. The first-order chi connectivity index (χ1) is 14.2. The molecule has 0 radical (unpaired) electrons. The molecule has 0 amide bonds. The summed E-state index contributed by atoms with van der Waals surface area (Å²) in [5.74, 6) is -1.17. The summed E-state index contributed by atoms with van der Waals surface area (Å²) in [6.07, 6.45) is -1.67. The Morgan fingerprint density at radius 2 is 1.80 bits per heavy atom. The molecular weight excluding hydrogens is 460 g/mol. The lowest BCUT2D eigenvalue weighted by atomic mass is 9.94. The van der Waals surface area contributed by atoms with Gasteiger partial charge in [0.1, 0.15) is 18.0 Å². The van der Waals surface area contributed by atoms with Crippen molar-refractivity contribution in [1.29, 1.82) is 0 Å². The summed E-state index contributed by atoms with van der Waals surface area (Å²) in [4.78, 5) is 11.9. The molecule has 0 saturated heterocycles. The minimum atomic E-state index is -1.32. The van der Waals surface area contributed by atoms with Crippen LogP contribution in [-0.2, 0) is 38.8 Å². The van der Waals surface area contributed by atoms with Crippen molar-refractivity contribution in [3.63, 3.8) is 0 Å². The molecule has 0 saturated carbocycles. The van der Waals surface area contributed by atoms with Gasteiger partial charge in [-0.25, -0.2) is 4.79 Å². The molecule has 1 rings (SSSR count). The standard InChI is InChI=1S/C21H33BrO8/c1-15(18(23)25-5)29-20(2,14-24-4)30-21(3,19(26-6)27-7)16-9-8-10-17(13-16)28-12-11-22/h8-10,13,15,19H,11-12,14H2,1-7H3. The number of halogens is 1. The molecule has 0 bridgehead atoms. The Morgan fingerprint density at radius 3 is 2.33 bits per heavy atom. The minimum Gasteiger partial charge on any atom is -0.493 e. The monoisotopic (exact) mass is 492 g/mol. The molecule has 0 aromatic heterocycles. The van der Waals surface area contributed by atoms with Crippen LogP contribution in [0.15, 0.2) is 24.3 Å². The topological polar surface area (TPSA) is 81.7 Å². The lowest BCUT2D eigenvalue weighted by Gasteiger charge is -2.43. The van der Waals surface area contributed by atoms with E-state index in [2.05, 4.69) is 15.9 Å². The second kappa shape index (κ2) is 12.6. The molecule has 0 spiro atoms. The van der Waals surface area contributed by atoms with E-state index in [1.165, 1.54) is 28.4 Å². The van der Waals surface area contributed by atoms with Crippen LogP contribution in [0.5, 0.6) is 5.75 Å². The Hall–Kier alpha value is -1.23. The minimum absolute atomic E-state index is 0.0455. The third-order valence-corrected chi connectivity index (χ3v) is 4.75. The first-order valence-electron chi connectivity index (χ1n) is 9.49. The van der Waals surface area contributed by atoms with E-state index in [1.54, 1.807) is 13.8 Å². The summed E-state index contributed by atoms with van der Waals surface area (Å²) in [5.41, 5.74) is -0.402. The Balaban J connectivity index is 3.35. The van der Waals surface area contributed by atoms with Gasteiger partial charge >= 0.3 is 5.97 Å². The van der Waals surface area contributed by atoms with Gasteiger partial charge in [0.15, 0.2) is 18.2 Å². The van der Waals surface area contributed by atoms with Gasteiger partial charge in [-0.2, -0.15) is 0 Å². The lowest BCUT2D eigenvalue weighted by molar-refractivity contribution is -0.349. The highest BCUT2D eigenvalue weighted by atomic mass is 79.9. The van der Waals surface area contributed by atoms with Gasteiger partial charge in [0.25, 0.3) is 0 Å². The molecule has 1 aromatic carbocycles. The molecule has 0 N–H and O–H groups in total. The van der Waals surface area contributed by atoms with Crippen LogP contribution in [0, 0.1) is 0 Å². The largest absolute Gasteiger partial charge is 0.493 e. The van der Waals surface area contributed by atoms with Crippen LogP contribution >= 0.6 is 15.9 Å². The average Bonchev–Trinajstić information content (AvgIpc) is 2.72. The van der Waals surface area contributed by atoms with Crippen molar-refractivity contribution in [2.45, 2.75) is 44.6 Å². The van der Waals surface area contributed by atoms with Crippen LogP contribution in [0.25, 0.3) is 0 Å². The molecule has 8 nitrogen and oxygen atoms in total. The van der Waals surface area contributed by atoms with Crippen LogP contribution in [0.3, 0.4) is 0 Å². The number of esters is 1. The molecule has 3 unspecified atom stereocenters. The van der Waals surface area contributed by atoms with Gasteiger partial charge in [-0.05, 0) is 38.5 Å². The summed E-state index contributed by atoms with van der Waals surface area (Å²) >= 11 is 3.35. The van der Waals surface area contributed by atoms with Crippen molar-refractivity contribution in [1.82, 2.24) is 0 Å². The highest BCUT2D eigenvalue weighted by Gasteiger charge is 2.46. The highest BCUT2D eigenvalue weighted by molar-refractivity contribution is 9.09. The predicted molar refractivity (Wildman–Crippen MR) is 115 cm³/mol. The second-order valence-corrected chi connectivity index (χ2v) is 7.72. The quantitative estimate of drug-likeness (QED) is 0.222. The van der Waals surface area contributed by atoms with E-state index in [0.29, 0.717) is 17.7 Å². The summed E-state index contributed by atoms with van der Waals surface area (Å²) in [6.45, 7) is 5.64. The molecule has 172 valence electrons. The average molecular weight is 493 g/mol. The van der Waals surface area contributed by atoms with Crippen LogP contribution in [0.4, 0.5) is 0 Å². The SMILES string of the molecule is COCC(C)(OC(C)C(=O)OC)OC(C)(c1cccc(OCCBr)c1)C(OC)OC. The molecule has 9 heteroatoms. The van der Waals surface area contributed by atoms with Crippen molar-refractivity contribution in [2.24, 2.45) is 0 Å². The Bertz CT molecular complexity index is 654. The van der Waals surface area contributed by atoms with E-state index < -0.39 is 29.8 Å². The number of alkyl halides is 1. The third-order valence-electron chi connectivity index (χ3n) is 4.42. The molecule has 0 fully saturated rings. The van der Waals surface area contributed by atoms with Crippen LogP contribution in [-0.4, -0.2) is 71.1 Å². The fraction of sp³-hybridized carbons (Fsp3) is 0.667. The maximum absolute atomic E-state index is 11.9. The number of ether oxygens (including phenoxy) is 7. The zero-order valence-electron chi connectivity index (χ0n) is 18.7. The highest BCUT2D eigenvalue weighted by Crippen LogP contribution is 2.38. The van der Waals surface area contributed by atoms with Gasteiger partial charge < -0.3 is 33.2 Å². The molecule has 0 heterocycles. The third kappa shape index (κ3) is 7.18. The van der Waals surface area contributed by atoms with E-state index >= 15 is 0 Å². The summed E-state index contributed by atoms with van der Waals surface area (Å²) < 4.78 is 39.3. The number of carbonyl (C=O) groups excluding carboxylic acids is 1. The summed E-state index contributed by atoms with van der Waals surface area (Å²) in [7, 11) is 5.86. The van der Waals surface area contributed by atoms with Gasteiger partial charge in [-0.3, -0.25) is 0 Å². The molecule has 0 aliphatic heterocycles. The molecule has 1 aromatic rings. The van der Waals surface area contributed by atoms with Crippen LogP contribution in [0.1, 0.15) is 26.3 Å². The van der Waals surface area contributed by atoms with E-state index in [1.807, 2.05) is 31.2 Å². The van der Waals surface area contributed by atoms with Gasteiger partial charge in [0.05, 0.1) is 13.7 Å². The smallest absolute Gasteiger partial charge is 0.334 e. The van der Waals surface area contributed by atoms with E-state index in [-0.39, 0.29) is 6.61 Å². The van der Waals surface area contributed by atoms with Crippen molar-refractivity contribution in [3.8, 4) is 5.75 Å². The molecule has 30 heavy (non-hydrogen) atoms. The number of rotatable bonds is 14. The predicted octanol–water partition coefficient (Wildman–Crippen LogP) is 3.25. The molecular formula is C21H33BrO8. The Labute approximate surface area is 187 Å². The first kappa shape index (κ1) is 26.8. The fourth-order valence-corrected chi connectivity index (χ4v) is 3.39. The number of hydrogen-bond donors (Lipinski definition) is 0. The van der Waals surface area contributed by atoms with Gasteiger partial charge in [-0.15, -0.1) is 0 Å². The normalized spacial score (nSPS) is 16.6. The van der Waals surface area contributed by atoms with Crippen molar-refractivity contribution in [2.75, 3.05) is 47.0 Å². The second-order valence-electron chi connectivity index (χ2n) is 6.93. The summed E-state index contributed by atoms with van der Waals surface area (Å²) in [6, 6.07) is 7.44. The Kier molecular flexibility index (Phi) is 11.2.